The van der Waals surface area contributed by atoms with Crippen LogP contribution in [0.4, 0.5) is 0 Å². The van der Waals surface area contributed by atoms with Crippen LogP contribution in [0.1, 0.15) is 46.0 Å². The van der Waals surface area contributed by atoms with Gasteiger partial charge in [-0.3, -0.25) is 14.5 Å². The van der Waals surface area contributed by atoms with Gasteiger partial charge in [-0.1, -0.05) is 31.4 Å². The number of hydrogen-bond donors (Lipinski definition) is 0. The van der Waals surface area contributed by atoms with Gasteiger partial charge in [0.2, 0.25) is 0 Å². The van der Waals surface area contributed by atoms with Crippen LogP contribution in [0.25, 0.3) is 10.8 Å². The molecule has 104 valence electrons. The van der Waals surface area contributed by atoms with Crippen LogP contribution in [0.3, 0.4) is 0 Å². The van der Waals surface area contributed by atoms with Gasteiger partial charge in [0, 0.05) is 28.6 Å². The lowest BCUT2D eigenvalue weighted by molar-refractivity contribution is 0.0608. The first-order valence-corrected chi connectivity index (χ1v) is 7.07. The van der Waals surface area contributed by atoms with Crippen molar-refractivity contribution >= 4 is 22.6 Å². The average Bonchev–Trinajstić information content (AvgIpc) is 2.52. The standard InChI is InChI=1S/C18H15NO2/c1-3-5-11-19-17(20)14-8-6-7-13-12(4-2)9-10-15(16(13)14)18(19)21/h2,6-10H,3,5,11H2,1H3. The van der Waals surface area contributed by atoms with Crippen LogP contribution in [-0.2, 0) is 0 Å². The van der Waals surface area contributed by atoms with Crippen LogP contribution in [0.5, 0.6) is 0 Å². The molecule has 0 spiro atoms. The van der Waals surface area contributed by atoms with Crippen molar-refractivity contribution in [2.75, 3.05) is 6.54 Å². The Kier molecular flexibility index (Phi) is 3.23. The number of carbonyl (C=O) groups excluding carboxylic acids is 2. The Balaban J connectivity index is 2.25. The number of nitrogens with zero attached hydrogens (tertiary/aromatic N) is 1. The quantitative estimate of drug-likeness (QED) is 0.638. The first-order valence-electron chi connectivity index (χ1n) is 7.07. The fourth-order valence-corrected chi connectivity index (χ4v) is 2.79. The Morgan fingerprint density at radius 2 is 1.81 bits per heavy atom. The van der Waals surface area contributed by atoms with Crippen molar-refractivity contribution in [3.05, 3.63) is 47.0 Å². The Hall–Kier alpha value is -2.60. The van der Waals surface area contributed by atoms with Crippen LogP contribution in [0.15, 0.2) is 30.3 Å². The summed E-state index contributed by atoms with van der Waals surface area (Å²) in [6, 6.07) is 8.94. The molecule has 0 bridgehead atoms. The second-order valence-corrected chi connectivity index (χ2v) is 5.15. The number of unbranched alkanes of at least 4 members (excludes halogenated alkanes) is 1. The molecular formula is C18H15NO2. The summed E-state index contributed by atoms with van der Waals surface area (Å²) in [5.41, 5.74) is 1.84. The van der Waals surface area contributed by atoms with E-state index in [1.54, 1.807) is 18.2 Å². The highest BCUT2D eigenvalue weighted by Gasteiger charge is 2.32. The Labute approximate surface area is 123 Å². The van der Waals surface area contributed by atoms with Gasteiger partial charge < -0.3 is 0 Å². The minimum absolute atomic E-state index is 0.222. The molecule has 2 aromatic carbocycles. The van der Waals surface area contributed by atoms with Gasteiger partial charge in [-0.25, -0.2) is 0 Å². The van der Waals surface area contributed by atoms with Crippen molar-refractivity contribution in [1.82, 2.24) is 4.90 Å². The molecule has 1 aliphatic heterocycles. The third-order valence-electron chi connectivity index (χ3n) is 3.88. The Bertz CT molecular complexity index is 776. The fraction of sp³-hybridized carbons (Fsp3) is 0.222. The zero-order valence-electron chi connectivity index (χ0n) is 11.8. The van der Waals surface area contributed by atoms with Crippen molar-refractivity contribution in [3.8, 4) is 12.3 Å². The van der Waals surface area contributed by atoms with E-state index in [1.165, 1.54) is 4.90 Å². The molecule has 0 aromatic heterocycles. The molecule has 3 nitrogen and oxygen atoms in total. The lowest BCUT2D eigenvalue weighted by atomic mass is 9.91. The summed E-state index contributed by atoms with van der Waals surface area (Å²) < 4.78 is 0. The third-order valence-corrected chi connectivity index (χ3v) is 3.88. The van der Waals surface area contributed by atoms with Gasteiger partial charge in [0.15, 0.2) is 0 Å². The van der Waals surface area contributed by atoms with E-state index in [2.05, 4.69) is 5.92 Å². The summed E-state index contributed by atoms with van der Waals surface area (Å²) in [5.74, 6) is 2.17. The molecule has 0 unspecified atom stereocenters. The van der Waals surface area contributed by atoms with Crippen molar-refractivity contribution in [2.45, 2.75) is 19.8 Å². The van der Waals surface area contributed by atoms with E-state index in [9.17, 15) is 9.59 Å². The molecule has 0 fully saturated rings. The number of terminal acetylenes is 1. The molecule has 3 rings (SSSR count). The molecule has 0 N–H and O–H groups in total. The maximum absolute atomic E-state index is 12.6. The van der Waals surface area contributed by atoms with E-state index in [4.69, 9.17) is 6.42 Å². The predicted molar refractivity (Wildman–Crippen MR) is 82.2 cm³/mol. The molecule has 0 saturated carbocycles. The van der Waals surface area contributed by atoms with Gasteiger partial charge in [0.1, 0.15) is 0 Å². The number of benzene rings is 2. The van der Waals surface area contributed by atoms with Crippen molar-refractivity contribution in [2.24, 2.45) is 0 Å². The second kappa shape index (κ2) is 5.06. The molecule has 0 aliphatic carbocycles. The summed E-state index contributed by atoms with van der Waals surface area (Å²) in [4.78, 5) is 26.5. The highest BCUT2D eigenvalue weighted by Crippen LogP contribution is 2.32. The third kappa shape index (κ3) is 1.92. The second-order valence-electron chi connectivity index (χ2n) is 5.15. The summed E-state index contributed by atoms with van der Waals surface area (Å²) in [5, 5.41) is 1.49. The minimum Gasteiger partial charge on any atom is -0.274 e. The topological polar surface area (TPSA) is 37.4 Å². The van der Waals surface area contributed by atoms with Gasteiger partial charge in [-0.15, -0.1) is 6.42 Å². The number of carbonyl (C=O) groups is 2. The summed E-state index contributed by atoms with van der Waals surface area (Å²) in [6.45, 7) is 2.49. The SMILES string of the molecule is C#Cc1ccc2c3c(cccc13)C(=O)N(CCCC)C2=O. The lowest BCUT2D eigenvalue weighted by Crippen LogP contribution is -2.40. The first-order chi connectivity index (χ1) is 10.2. The normalized spacial score (nSPS) is 13.6. The number of hydrogen-bond acceptors (Lipinski definition) is 2. The lowest BCUT2D eigenvalue weighted by Gasteiger charge is -2.27. The van der Waals surface area contributed by atoms with E-state index in [0.717, 1.165) is 18.2 Å². The molecule has 0 radical (unpaired) electrons. The van der Waals surface area contributed by atoms with Gasteiger partial charge in [0.25, 0.3) is 11.8 Å². The van der Waals surface area contributed by atoms with E-state index in [1.807, 2.05) is 19.1 Å². The number of amides is 2. The minimum atomic E-state index is -0.222. The summed E-state index contributed by atoms with van der Waals surface area (Å²) in [7, 11) is 0. The van der Waals surface area contributed by atoms with E-state index < -0.39 is 0 Å². The Morgan fingerprint density at radius 3 is 2.48 bits per heavy atom. The average molecular weight is 277 g/mol. The van der Waals surface area contributed by atoms with Crippen LogP contribution in [0.2, 0.25) is 0 Å². The highest BCUT2D eigenvalue weighted by molar-refractivity contribution is 6.25. The van der Waals surface area contributed by atoms with Crippen LogP contribution >= 0.6 is 0 Å². The molecule has 0 saturated heterocycles. The highest BCUT2D eigenvalue weighted by atomic mass is 16.2. The number of imide groups is 1. The summed E-state index contributed by atoms with van der Waals surface area (Å²) >= 11 is 0. The zero-order chi connectivity index (χ0) is 15.0. The van der Waals surface area contributed by atoms with Crippen molar-refractivity contribution in [3.63, 3.8) is 0 Å². The largest absolute Gasteiger partial charge is 0.274 e. The molecule has 2 aromatic rings. The van der Waals surface area contributed by atoms with E-state index >= 15 is 0 Å². The smallest absolute Gasteiger partial charge is 0.261 e. The monoisotopic (exact) mass is 277 g/mol. The maximum atomic E-state index is 12.6. The fourth-order valence-electron chi connectivity index (χ4n) is 2.79. The molecule has 1 heterocycles. The molecule has 1 aliphatic rings. The van der Waals surface area contributed by atoms with Crippen LogP contribution in [-0.4, -0.2) is 23.3 Å². The molecule has 3 heteroatoms. The van der Waals surface area contributed by atoms with Gasteiger partial charge >= 0.3 is 0 Å². The van der Waals surface area contributed by atoms with E-state index in [-0.39, 0.29) is 11.8 Å². The van der Waals surface area contributed by atoms with Crippen molar-refractivity contribution < 1.29 is 9.59 Å². The van der Waals surface area contributed by atoms with Gasteiger partial charge in [-0.05, 0) is 30.0 Å². The van der Waals surface area contributed by atoms with Gasteiger partial charge in [-0.2, -0.15) is 0 Å². The first kappa shape index (κ1) is 13.4. The maximum Gasteiger partial charge on any atom is 0.261 e. The van der Waals surface area contributed by atoms with Crippen LogP contribution < -0.4 is 0 Å². The molecule has 21 heavy (non-hydrogen) atoms. The Morgan fingerprint density at radius 1 is 1.10 bits per heavy atom. The molecule has 2 amide bonds. The van der Waals surface area contributed by atoms with Gasteiger partial charge in [0.05, 0.1) is 0 Å². The molecule has 0 atom stereocenters. The van der Waals surface area contributed by atoms with Crippen LogP contribution in [0, 0.1) is 12.3 Å². The van der Waals surface area contributed by atoms with E-state index in [0.29, 0.717) is 28.6 Å². The molecular weight excluding hydrogens is 262 g/mol. The number of rotatable bonds is 3. The zero-order valence-corrected chi connectivity index (χ0v) is 11.8. The van der Waals surface area contributed by atoms with Crippen molar-refractivity contribution in [1.29, 1.82) is 0 Å². The predicted octanol–water partition coefficient (Wildman–Crippen LogP) is 3.22. The summed E-state index contributed by atoms with van der Waals surface area (Å²) in [6.07, 6.45) is 7.25.